The van der Waals surface area contributed by atoms with Gasteiger partial charge in [-0.2, -0.15) is 61.5 Å². The van der Waals surface area contributed by atoms with E-state index in [9.17, 15) is 40.7 Å². The molecule has 324 valence electrons. The molecule has 1 aliphatic carbocycles. The van der Waals surface area contributed by atoms with Crippen molar-refractivity contribution in [3.63, 3.8) is 0 Å². The number of hydrogen-bond donors (Lipinski definition) is 0. The first kappa shape index (κ1) is 50.3. The van der Waals surface area contributed by atoms with E-state index in [0.717, 1.165) is 20.8 Å². The molecule has 1 rings (SSSR count). The van der Waals surface area contributed by atoms with Gasteiger partial charge in [-0.15, -0.1) is 0 Å². The van der Waals surface area contributed by atoms with Crippen molar-refractivity contribution in [1.29, 1.82) is 0 Å². The maximum atomic E-state index is 16.1. The Balaban J connectivity index is 3.87. The average molecular weight is 859 g/mol. The molecule has 56 heavy (non-hydrogen) atoms. The summed E-state index contributed by atoms with van der Waals surface area (Å²) in [7, 11) is 0. The van der Waals surface area contributed by atoms with Crippen LogP contribution in [0.5, 0.6) is 0 Å². The predicted octanol–water partition coefficient (Wildman–Crippen LogP) is 8.33. The molecule has 3 unspecified atom stereocenters. The first-order valence-electron chi connectivity index (χ1n) is 15.0. The molecule has 9 nitrogen and oxygen atoms in total. The molecule has 26 heteroatoms. The molecule has 1 fully saturated rings. The minimum Gasteiger partial charge on any atom is -0.462 e. The molecule has 0 heterocycles. The standard InChI is InChI=1S/C30H31F17O9/c1-15(2)18(48)51-10-7-23(33,34)54-14-21(31)13-22(32,29(44,45)55-24(35,36)8-11-52-19(49)16(3)4)28(42,43)26(39,27(21,40)41)30(46,47)56-25(37,38)9-12-53-20(50)17(5)6/h1,3,5,7-14H2,2,4,6H3. The smallest absolute Gasteiger partial charge is 0.406 e. The Bertz CT molecular complexity index is 1520. The molecule has 1 aliphatic rings. The summed E-state index contributed by atoms with van der Waals surface area (Å²) in [6, 6.07) is 0. The third-order valence-electron chi connectivity index (χ3n) is 7.30. The van der Waals surface area contributed by atoms with Crippen LogP contribution in [0.4, 0.5) is 74.6 Å². The lowest BCUT2D eigenvalue weighted by molar-refractivity contribution is -0.519. The zero-order valence-corrected chi connectivity index (χ0v) is 28.9. The number of ether oxygens (including phenoxy) is 6. The van der Waals surface area contributed by atoms with Gasteiger partial charge in [0, 0.05) is 23.1 Å². The molecule has 0 bridgehead atoms. The van der Waals surface area contributed by atoms with Crippen LogP contribution < -0.4 is 0 Å². The molecule has 1 saturated carbocycles. The summed E-state index contributed by atoms with van der Waals surface area (Å²) in [5.74, 6) is -20.3. The van der Waals surface area contributed by atoms with Crippen LogP contribution in [0.15, 0.2) is 36.5 Å². The average Bonchev–Trinajstić information content (AvgIpc) is 3.00. The van der Waals surface area contributed by atoms with Crippen molar-refractivity contribution in [3.05, 3.63) is 36.5 Å². The lowest BCUT2D eigenvalue weighted by Crippen LogP contribution is -2.86. The normalized spacial score (nSPS) is 24.2. The minimum atomic E-state index is -8.26. The highest BCUT2D eigenvalue weighted by Gasteiger charge is 2.99. The van der Waals surface area contributed by atoms with E-state index in [0.29, 0.717) is 0 Å². The monoisotopic (exact) mass is 858 g/mol. The predicted molar refractivity (Wildman–Crippen MR) is 150 cm³/mol. The Morgan fingerprint density at radius 2 is 0.857 bits per heavy atom. The molecule has 0 aromatic heterocycles. The molecule has 3 atom stereocenters. The molecular formula is C30H31F17O9. The van der Waals surface area contributed by atoms with E-state index in [-0.39, 0.29) is 0 Å². The molecule has 0 amide bonds. The van der Waals surface area contributed by atoms with Crippen molar-refractivity contribution in [3.8, 4) is 0 Å². The second-order valence-corrected chi connectivity index (χ2v) is 12.2. The Kier molecular flexibility index (Phi) is 15.0. The topological polar surface area (TPSA) is 107 Å². The van der Waals surface area contributed by atoms with E-state index in [1.165, 1.54) is 0 Å². The van der Waals surface area contributed by atoms with Crippen molar-refractivity contribution in [2.45, 2.75) is 106 Å². The maximum Gasteiger partial charge on any atom is 0.406 e. The zero-order chi connectivity index (χ0) is 44.4. The van der Waals surface area contributed by atoms with Gasteiger partial charge in [0.25, 0.3) is 5.67 Å². The Morgan fingerprint density at radius 3 is 1.20 bits per heavy atom. The molecule has 0 spiro atoms. The number of carbonyl (C=O) groups excluding carboxylic acids is 3. The highest BCUT2D eigenvalue weighted by atomic mass is 19.3. The van der Waals surface area contributed by atoms with Gasteiger partial charge in [0.05, 0.1) is 45.7 Å². The molecule has 0 aromatic carbocycles. The van der Waals surface area contributed by atoms with Gasteiger partial charge in [-0.05, 0) is 20.8 Å². The van der Waals surface area contributed by atoms with Crippen LogP contribution in [0.1, 0.15) is 46.5 Å². The van der Waals surface area contributed by atoms with Crippen LogP contribution in [0.3, 0.4) is 0 Å². The van der Waals surface area contributed by atoms with Gasteiger partial charge in [0.2, 0.25) is 5.67 Å². The second kappa shape index (κ2) is 16.7. The molecule has 0 radical (unpaired) electrons. The van der Waals surface area contributed by atoms with Crippen molar-refractivity contribution >= 4 is 17.9 Å². The van der Waals surface area contributed by atoms with Gasteiger partial charge >= 0.3 is 66.0 Å². The van der Waals surface area contributed by atoms with E-state index >= 15 is 48.3 Å². The molecule has 0 saturated heterocycles. The van der Waals surface area contributed by atoms with Gasteiger partial charge in [0.1, 0.15) is 0 Å². The summed E-state index contributed by atoms with van der Waals surface area (Å²) < 4.78 is 278. The first-order valence-corrected chi connectivity index (χ1v) is 15.0. The van der Waals surface area contributed by atoms with E-state index < -0.39 is 146 Å². The Labute approximate surface area is 304 Å². The molecular weight excluding hydrogens is 827 g/mol. The molecule has 0 aromatic rings. The lowest BCUT2D eigenvalue weighted by atomic mass is 9.63. The highest BCUT2D eigenvalue weighted by Crippen LogP contribution is 2.71. The second-order valence-electron chi connectivity index (χ2n) is 12.2. The quantitative estimate of drug-likeness (QED) is 0.0488. The highest BCUT2D eigenvalue weighted by molar-refractivity contribution is 5.87. The van der Waals surface area contributed by atoms with Crippen molar-refractivity contribution in [2.75, 3.05) is 26.4 Å². The van der Waals surface area contributed by atoms with Crippen LogP contribution in [0.2, 0.25) is 0 Å². The van der Waals surface area contributed by atoms with Crippen molar-refractivity contribution in [2.24, 2.45) is 0 Å². The number of esters is 3. The number of alkyl halides is 17. The van der Waals surface area contributed by atoms with Crippen LogP contribution >= 0.6 is 0 Å². The third-order valence-corrected chi connectivity index (χ3v) is 7.30. The lowest BCUT2D eigenvalue weighted by Gasteiger charge is -2.56. The summed E-state index contributed by atoms with van der Waals surface area (Å²) in [6.07, 6.45) is -43.5. The van der Waals surface area contributed by atoms with Crippen molar-refractivity contribution < 1.29 is 117 Å². The molecule has 0 N–H and O–H groups in total. The van der Waals surface area contributed by atoms with Gasteiger partial charge in [-0.3, -0.25) is 9.47 Å². The van der Waals surface area contributed by atoms with E-state index in [1.54, 1.807) is 0 Å². The van der Waals surface area contributed by atoms with Crippen LogP contribution in [-0.2, 0) is 42.8 Å². The largest absolute Gasteiger partial charge is 0.462 e. The zero-order valence-electron chi connectivity index (χ0n) is 28.9. The fraction of sp³-hybridized carbons (Fsp3) is 0.700. The Hall–Kier alpha value is -3.68. The fourth-order valence-corrected chi connectivity index (χ4v) is 4.26. The third kappa shape index (κ3) is 10.4. The first-order chi connectivity index (χ1) is 24.8. The summed E-state index contributed by atoms with van der Waals surface area (Å²) in [6.45, 7) is 3.09. The number of carbonyl (C=O) groups is 3. The summed E-state index contributed by atoms with van der Waals surface area (Å²) >= 11 is 0. The van der Waals surface area contributed by atoms with Crippen molar-refractivity contribution in [1.82, 2.24) is 0 Å². The van der Waals surface area contributed by atoms with E-state index in [1.807, 2.05) is 0 Å². The number of rotatable bonds is 21. The van der Waals surface area contributed by atoms with Gasteiger partial charge in [-0.25, -0.2) is 27.6 Å². The maximum absolute atomic E-state index is 16.1. The minimum absolute atomic E-state index is 0.443. The van der Waals surface area contributed by atoms with Gasteiger partial charge < -0.3 is 18.9 Å². The number of halogens is 17. The SMILES string of the molecule is C=C(C)C(=O)OCCC(F)(F)OCC1(F)CC(F)(C(F)(F)OC(F)(F)CCOC(=O)C(=C)C)C(F)(F)C(F)(C(F)(F)OC(F)(F)CCOC(=O)C(=C)C)C1(F)F. The number of hydrogen-bond acceptors (Lipinski definition) is 9. The van der Waals surface area contributed by atoms with Crippen LogP contribution in [0.25, 0.3) is 0 Å². The summed E-state index contributed by atoms with van der Waals surface area (Å²) in [5, 5.41) is 0. The summed E-state index contributed by atoms with van der Waals surface area (Å²) in [4.78, 5) is 34.0. The van der Waals surface area contributed by atoms with Crippen LogP contribution in [0, 0.1) is 0 Å². The summed E-state index contributed by atoms with van der Waals surface area (Å²) in [5.41, 5.74) is -23.6. The van der Waals surface area contributed by atoms with E-state index in [2.05, 4.69) is 48.2 Å². The fourth-order valence-electron chi connectivity index (χ4n) is 4.26. The van der Waals surface area contributed by atoms with Gasteiger partial charge in [-0.1, -0.05) is 19.7 Å². The van der Waals surface area contributed by atoms with Crippen LogP contribution in [-0.4, -0.2) is 104 Å². The molecule has 0 aliphatic heterocycles. The Morgan fingerprint density at radius 1 is 0.536 bits per heavy atom. The van der Waals surface area contributed by atoms with Gasteiger partial charge in [0.15, 0.2) is 0 Å². The van der Waals surface area contributed by atoms with E-state index in [4.69, 9.17) is 0 Å².